The summed E-state index contributed by atoms with van der Waals surface area (Å²) in [6.45, 7) is 4.27. The minimum absolute atomic E-state index is 0.0283. The molecule has 34 heavy (non-hydrogen) atoms. The number of aliphatic hydroxyl groups is 2. The molecule has 0 aliphatic heterocycles. The number of Topliss-reactive ketones (excluding diaryl/α,β-unsaturated/α-hetero) is 1. The molecule has 0 fully saturated rings. The van der Waals surface area contributed by atoms with Crippen molar-refractivity contribution in [2.75, 3.05) is 24.2 Å². The van der Waals surface area contributed by atoms with E-state index in [1.807, 2.05) is 0 Å². The van der Waals surface area contributed by atoms with E-state index in [0.29, 0.717) is 12.0 Å². The number of para-hydroxylation sites is 1. The fourth-order valence-corrected chi connectivity index (χ4v) is 3.56. The third kappa shape index (κ3) is 6.86. The van der Waals surface area contributed by atoms with E-state index in [1.54, 1.807) is 44.2 Å². The summed E-state index contributed by atoms with van der Waals surface area (Å²) in [6, 6.07) is 8.61. The van der Waals surface area contributed by atoms with Crippen LogP contribution >= 0.6 is 11.8 Å². The number of ketones is 1. The Balaban J connectivity index is 2.07. The lowest BCUT2D eigenvalue weighted by Gasteiger charge is -2.27. The first-order chi connectivity index (χ1) is 16.1. The van der Waals surface area contributed by atoms with E-state index >= 15 is 0 Å². The molecule has 11 heteroatoms. The molecule has 0 bridgehead atoms. The number of carbonyl (C=O) groups is 4. The van der Waals surface area contributed by atoms with Gasteiger partial charge in [-0.15, -0.1) is 11.8 Å². The predicted molar refractivity (Wildman–Crippen MR) is 126 cm³/mol. The van der Waals surface area contributed by atoms with Crippen molar-refractivity contribution in [3.05, 3.63) is 58.3 Å². The Bertz CT molecular complexity index is 1060. The van der Waals surface area contributed by atoms with Crippen molar-refractivity contribution < 1.29 is 33.9 Å². The lowest BCUT2D eigenvalue weighted by molar-refractivity contribution is -0.136. The van der Waals surface area contributed by atoms with E-state index in [2.05, 4.69) is 15.8 Å². The number of nitrogens with zero attached hydrogens (tertiary/aromatic N) is 1. The summed E-state index contributed by atoms with van der Waals surface area (Å²) in [4.78, 5) is 49.0. The van der Waals surface area contributed by atoms with Crippen molar-refractivity contribution in [2.45, 2.75) is 26.9 Å². The molecule has 10 nitrogen and oxygen atoms in total. The largest absolute Gasteiger partial charge is 0.396 e. The van der Waals surface area contributed by atoms with Gasteiger partial charge in [-0.1, -0.05) is 37.2 Å². The minimum atomic E-state index is -1.42. The molecule has 1 atom stereocenters. The zero-order valence-corrected chi connectivity index (χ0v) is 19.8. The van der Waals surface area contributed by atoms with Crippen LogP contribution in [0.3, 0.4) is 0 Å². The smallest absolute Gasteiger partial charge is 0.278 e. The van der Waals surface area contributed by atoms with Gasteiger partial charge in [0.15, 0.2) is 5.69 Å². The van der Waals surface area contributed by atoms with Gasteiger partial charge in [-0.3, -0.25) is 19.2 Å². The van der Waals surface area contributed by atoms with Crippen LogP contribution in [0, 0.1) is 12.3 Å². The number of thioether (sulfide) groups is 1. The topological polar surface area (TPSA) is 159 Å². The Morgan fingerprint density at radius 2 is 1.91 bits per heavy atom. The number of benzene rings is 1. The van der Waals surface area contributed by atoms with Crippen LogP contribution in [0.4, 0.5) is 5.69 Å². The Morgan fingerprint density at radius 1 is 1.24 bits per heavy atom. The highest BCUT2D eigenvalue weighted by atomic mass is 32.2. The summed E-state index contributed by atoms with van der Waals surface area (Å²) in [6.07, 6.45) is 0.0856. The van der Waals surface area contributed by atoms with Gasteiger partial charge >= 0.3 is 0 Å². The molecule has 0 radical (unpaired) electrons. The minimum Gasteiger partial charge on any atom is -0.396 e. The first-order valence-corrected chi connectivity index (χ1v) is 11.3. The number of hydrogen-bond donors (Lipinski definition) is 4. The maximum Gasteiger partial charge on any atom is 0.278 e. The highest BCUT2D eigenvalue weighted by Gasteiger charge is 2.33. The van der Waals surface area contributed by atoms with E-state index < -0.39 is 29.1 Å². The first kappa shape index (κ1) is 27.0. The van der Waals surface area contributed by atoms with Crippen molar-refractivity contribution in [1.82, 2.24) is 10.5 Å². The molecule has 2 amide bonds. The fraction of sp³-hybridized carbons (Fsp3) is 0.348. The van der Waals surface area contributed by atoms with E-state index in [1.165, 1.54) is 6.92 Å². The second-order valence-corrected chi connectivity index (χ2v) is 9.10. The lowest BCUT2D eigenvalue weighted by Crippen LogP contribution is -2.46. The molecule has 0 spiro atoms. The van der Waals surface area contributed by atoms with Gasteiger partial charge in [0.2, 0.25) is 11.7 Å². The van der Waals surface area contributed by atoms with Crippen LogP contribution in [-0.2, 0) is 9.59 Å². The molecular weight excluding hydrogens is 462 g/mol. The molecule has 1 heterocycles. The SMILES string of the molecule is Cc1onc(C(=O)Nc2ccccc2)c1C(=O)/C(=C\C=O)SCCNC(=O)[C@H](O)C(C)(C)CO. The van der Waals surface area contributed by atoms with Gasteiger partial charge in [0.25, 0.3) is 5.91 Å². The average Bonchev–Trinajstić information content (AvgIpc) is 3.22. The van der Waals surface area contributed by atoms with E-state index in [9.17, 15) is 29.4 Å². The predicted octanol–water partition coefficient (Wildman–Crippen LogP) is 1.73. The summed E-state index contributed by atoms with van der Waals surface area (Å²) in [5.74, 6) is -1.62. The summed E-state index contributed by atoms with van der Waals surface area (Å²) in [5, 5.41) is 28.2. The summed E-state index contributed by atoms with van der Waals surface area (Å²) in [5.41, 5.74) is -0.797. The second-order valence-electron chi connectivity index (χ2n) is 7.97. The fourth-order valence-electron chi connectivity index (χ4n) is 2.75. The highest BCUT2D eigenvalue weighted by Crippen LogP contribution is 2.25. The summed E-state index contributed by atoms with van der Waals surface area (Å²) in [7, 11) is 0. The molecule has 0 unspecified atom stereocenters. The van der Waals surface area contributed by atoms with Crippen LogP contribution < -0.4 is 10.6 Å². The molecule has 0 aliphatic carbocycles. The number of hydrogen-bond acceptors (Lipinski definition) is 9. The van der Waals surface area contributed by atoms with Crippen LogP contribution in [0.25, 0.3) is 0 Å². The molecule has 1 aromatic heterocycles. The number of allylic oxidation sites excluding steroid dienone is 2. The Labute approximate surface area is 200 Å². The van der Waals surface area contributed by atoms with Crippen molar-refractivity contribution in [3.8, 4) is 0 Å². The van der Waals surface area contributed by atoms with Crippen LogP contribution in [0.15, 0.2) is 45.8 Å². The van der Waals surface area contributed by atoms with Gasteiger partial charge in [-0.2, -0.15) is 0 Å². The maximum absolute atomic E-state index is 13.1. The summed E-state index contributed by atoms with van der Waals surface area (Å²) < 4.78 is 5.07. The molecule has 2 aromatic rings. The zero-order valence-electron chi connectivity index (χ0n) is 19.0. The molecule has 2 rings (SSSR count). The Hall–Kier alpha value is -3.28. The normalized spacial score (nSPS) is 12.7. The van der Waals surface area contributed by atoms with Crippen LogP contribution in [0.2, 0.25) is 0 Å². The summed E-state index contributed by atoms with van der Waals surface area (Å²) >= 11 is 0.986. The molecular formula is C23H27N3O7S. The van der Waals surface area contributed by atoms with Crippen LogP contribution in [-0.4, -0.2) is 64.3 Å². The Morgan fingerprint density at radius 3 is 2.53 bits per heavy atom. The van der Waals surface area contributed by atoms with Gasteiger partial charge in [-0.25, -0.2) is 0 Å². The highest BCUT2D eigenvalue weighted by molar-refractivity contribution is 8.04. The number of nitrogens with one attached hydrogen (secondary N) is 2. The van der Waals surface area contributed by atoms with E-state index in [-0.39, 0.29) is 40.8 Å². The molecule has 0 aliphatic rings. The zero-order chi connectivity index (χ0) is 25.3. The number of aldehydes is 1. The first-order valence-electron chi connectivity index (χ1n) is 10.3. The van der Waals surface area contributed by atoms with Crippen LogP contribution in [0.5, 0.6) is 0 Å². The monoisotopic (exact) mass is 489 g/mol. The number of aliphatic hydroxyl groups excluding tert-OH is 2. The standard InChI is InChI=1S/C23H27N3O7S/c1-14-17(18(26-33-14)21(31)25-15-7-5-4-6-8-15)19(29)16(9-11-27)34-12-10-24-22(32)20(30)23(2,3)13-28/h4-9,11,20,28,30H,10,12-13H2,1-3H3,(H,24,32)(H,25,31)/b16-9+/t20-/m0/s1. The van der Waals surface area contributed by atoms with Gasteiger partial charge in [0.1, 0.15) is 18.2 Å². The number of rotatable bonds is 12. The maximum atomic E-state index is 13.1. The lowest BCUT2D eigenvalue weighted by atomic mass is 9.87. The van der Waals surface area contributed by atoms with E-state index in [4.69, 9.17) is 4.52 Å². The number of aromatic nitrogens is 1. The van der Waals surface area contributed by atoms with Gasteiger partial charge in [0.05, 0.1) is 17.1 Å². The van der Waals surface area contributed by atoms with Gasteiger partial charge < -0.3 is 25.4 Å². The molecule has 182 valence electrons. The van der Waals surface area contributed by atoms with Crippen molar-refractivity contribution in [2.24, 2.45) is 5.41 Å². The molecule has 0 saturated carbocycles. The molecule has 0 saturated heterocycles. The van der Waals surface area contributed by atoms with Crippen molar-refractivity contribution >= 4 is 41.3 Å². The number of carbonyl (C=O) groups excluding carboxylic acids is 4. The van der Waals surface area contributed by atoms with E-state index in [0.717, 1.165) is 17.8 Å². The van der Waals surface area contributed by atoms with Gasteiger partial charge in [0, 0.05) is 23.4 Å². The van der Waals surface area contributed by atoms with Crippen molar-refractivity contribution in [1.29, 1.82) is 0 Å². The quantitative estimate of drug-likeness (QED) is 0.151. The third-order valence-corrected chi connectivity index (χ3v) is 5.88. The van der Waals surface area contributed by atoms with Crippen molar-refractivity contribution in [3.63, 3.8) is 0 Å². The second kappa shape index (κ2) is 12.3. The van der Waals surface area contributed by atoms with Gasteiger partial charge in [-0.05, 0) is 25.1 Å². The Kier molecular flexibility index (Phi) is 9.72. The third-order valence-electron chi connectivity index (χ3n) is 4.83. The van der Waals surface area contributed by atoms with Crippen LogP contribution in [0.1, 0.15) is 40.5 Å². The average molecular weight is 490 g/mol. The molecule has 4 N–H and O–H groups in total. The molecule has 1 aromatic carbocycles. The number of aryl methyl sites for hydroxylation is 1. The number of amides is 2. The number of anilines is 1.